The smallest absolute Gasteiger partial charge is 0.0631 e. The van der Waals surface area contributed by atoms with Crippen molar-refractivity contribution >= 4 is 0 Å². The molecule has 0 aliphatic carbocycles. The summed E-state index contributed by atoms with van der Waals surface area (Å²) >= 11 is 0. The van der Waals surface area contributed by atoms with Crippen LogP contribution in [0.3, 0.4) is 0 Å². The summed E-state index contributed by atoms with van der Waals surface area (Å²) < 4.78 is 5.60. The summed E-state index contributed by atoms with van der Waals surface area (Å²) in [7, 11) is 4.06. The van der Waals surface area contributed by atoms with E-state index in [0.717, 1.165) is 6.42 Å². The summed E-state index contributed by atoms with van der Waals surface area (Å²) in [5, 5.41) is 0. The van der Waals surface area contributed by atoms with Gasteiger partial charge in [0.1, 0.15) is 0 Å². The zero-order valence-corrected chi connectivity index (χ0v) is 10.7. The van der Waals surface area contributed by atoms with Gasteiger partial charge in [-0.15, -0.1) is 0 Å². The second-order valence-electron chi connectivity index (χ2n) is 5.79. The minimum atomic E-state index is 0.211. The maximum atomic E-state index is 5.60. The van der Waals surface area contributed by atoms with Crippen LogP contribution in [0.4, 0.5) is 0 Å². The van der Waals surface area contributed by atoms with E-state index in [1.54, 1.807) is 0 Å². The fourth-order valence-electron chi connectivity index (χ4n) is 2.63. The normalized spacial score (nSPS) is 37.1. The number of rotatable bonds is 1. The van der Waals surface area contributed by atoms with E-state index in [4.69, 9.17) is 4.74 Å². The largest absolute Gasteiger partial charge is 0.381 e. The molecule has 2 unspecified atom stereocenters. The molecule has 0 amide bonds. The highest BCUT2D eigenvalue weighted by atomic mass is 16.5. The first-order chi connectivity index (χ1) is 6.23. The molecule has 2 nitrogen and oxygen atoms in total. The molecule has 0 bridgehead atoms. The van der Waals surface area contributed by atoms with E-state index >= 15 is 0 Å². The Morgan fingerprint density at radius 1 is 1.21 bits per heavy atom. The lowest BCUT2D eigenvalue weighted by Gasteiger charge is -2.56. The molecule has 1 heterocycles. The molecule has 1 saturated heterocycles. The van der Waals surface area contributed by atoms with Gasteiger partial charge in [0.25, 0.3) is 0 Å². The van der Waals surface area contributed by atoms with Gasteiger partial charge in [0.2, 0.25) is 0 Å². The van der Waals surface area contributed by atoms with Crippen LogP contribution in [-0.4, -0.2) is 36.2 Å². The molecule has 0 aromatic rings. The quantitative estimate of drug-likeness (QED) is 0.643. The van der Waals surface area contributed by atoms with Crippen LogP contribution >= 0.6 is 0 Å². The second-order valence-corrected chi connectivity index (χ2v) is 5.79. The van der Waals surface area contributed by atoms with Gasteiger partial charge in [0.05, 0.1) is 6.10 Å². The van der Waals surface area contributed by atoms with Crippen LogP contribution in [0.25, 0.3) is 0 Å². The van der Waals surface area contributed by atoms with Crippen LogP contribution in [-0.2, 0) is 4.74 Å². The lowest BCUT2D eigenvalue weighted by Crippen LogP contribution is -2.64. The first-order valence-corrected chi connectivity index (χ1v) is 5.50. The summed E-state index contributed by atoms with van der Waals surface area (Å²) in [5.74, 6) is 0.575. The van der Waals surface area contributed by atoms with Crippen LogP contribution in [0.1, 0.15) is 41.0 Å². The topological polar surface area (TPSA) is 12.5 Å². The maximum Gasteiger partial charge on any atom is 0.0631 e. The van der Waals surface area contributed by atoms with Crippen LogP contribution in [0, 0.1) is 5.92 Å². The molecule has 1 rings (SSSR count). The molecule has 0 spiro atoms. The number of likely N-dealkylation sites (tertiary alicyclic amines) is 1. The van der Waals surface area contributed by atoms with Gasteiger partial charge in [-0.05, 0) is 41.2 Å². The fraction of sp³-hybridized carbons (Fsp3) is 1.00. The van der Waals surface area contributed by atoms with Crippen molar-refractivity contribution in [1.82, 2.24) is 4.90 Å². The molecular formula is C12H25NO. The van der Waals surface area contributed by atoms with Crippen molar-refractivity contribution < 1.29 is 4.74 Å². The van der Waals surface area contributed by atoms with Crippen LogP contribution in [0.2, 0.25) is 0 Å². The standard InChI is InChI=1S/C12H25NO/c1-9-10(14-7)8-11(2,3)13(6)12(9,4)5/h9-10H,8H2,1-7H3. The van der Waals surface area contributed by atoms with Gasteiger partial charge in [-0.2, -0.15) is 0 Å². The van der Waals surface area contributed by atoms with E-state index in [9.17, 15) is 0 Å². The maximum absolute atomic E-state index is 5.60. The second kappa shape index (κ2) is 3.49. The highest BCUT2D eigenvalue weighted by Crippen LogP contribution is 2.41. The molecule has 84 valence electrons. The Labute approximate surface area is 88.6 Å². The van der Waals surface area contributed by atoms with Crippen LogP contribution in [0.5, 0.6) is 0 Å². The third-order valence-electron chi connectivity index (χ3n) is 4.45. The number of hydrogen-bond acceptors (Lipinski definition) is 2. The van der Waals surface area contributed by atoms with E-state index in [1.807, 2.05) is 7.11 Å². The average Bonchev–Trinajstić information content (AvgIpc) is 2.09. The molecule has 0 N–H and O–H groups in total. The summed E-state index contributed by atoms with van der Waals surface area (Å²) in [5.41, 5.74) is 0.444. The SMILES string of the molecule is COC1CC(C)(C)N(C)C(C)(C)C1C. The molecule has 0 saturated carbocycles. The Balaban J connectivity index is 2.96. The minimum absolute atomic E-state index is 0.211. The average molecular weight is 199 g/mol. The predicted octanol–water partition coefficient (Wildman–Crippen LogP) is 2.53. The van der Waals surface area contributed by atoms with Crippen molar-refractivity contribution in [3.63, 3.8) is 0 Å². The third kappa shape index (κ3) is 1.70. The van der Waals surface area contributed by atoms with Gasteiger partial charge < -0.3 is 4.74 Å². The Morgan fingerprint density at radius 2 is 1.71 bits per heavy atom. The highest BCUT2D eigenvalue weighted by molar-refractivity contribution is 5.02. The fourth-order valence-corrected chi connectivity index (χ4v) is 2.63. The molecule has 2 atom stereocenters. The van der Waals surface area contributed by atoms with Crippen LogP contribution < -0.4 is 0 Å². The van der Waals surface area contributed by atoms with Gasteiger partial charge in [0, 0.05) is 24.1 Å². The zero-order chi connectivity index (χ0) is 11.1. The third-order valence-corrected chi connectivity index (χ3v) is 4.45. The number of hydrogen-bond donors (Lipinski definition) is 0. The Hall–Kier alpha value is -0.0800. The van der Waals surface area contributed by atoms with E-state index < -0.39 is 0 Å². The lowest BCUT2D eigenvalue weighted by molar-refractivity contribution is -0.118. The number of ether oxygens (including phenoxy) is 1. The first-order valence-electron chi connectivity index (χ1n) is 5.50. The van der Waals surface area contributed by atoms with Crippen molar-refractivity contribution in [2.45, 2.75) is 58.2 Å². The molecular weight excluding hydrogens is 174 g/mol. The van der Waals surface area contributed by atoms with E-state index in [-0.39, 0.29) is 11.1 Å². The number of piperidine rings is 1. The van der Waals surface area contributed by atoms with E-state index in [1.165, 1.54) is 0 Å². The lowest BCUT2D eigenvalue weighted by atomic mass is 9.72. The van der Waals surface area contributed by atoms with Crippen molar-refractivity contribution in [3.8, 4) is 0 Å². The van der Waals surface area contributed by atoms with Gasteiger partial charge in [-0.3, -0.25) is 4.90 Å². The predicted molar refractivity (Wildman–Crippen MR) is 60.5 cm³/mol. The molecule has 1 aliphatic heterocycles. The van der Waals surface area contributed by atoms with Gasteiger partial charge in [0.15, 0.2) is 0 Å². The van der Waals surface area contributed by atoms with Crippen molar-refractivity contribution in [3.05, 3.63) is 0 Å². The minimum Gasteiger partial charge on any atom is -0.381 e. The summed E-state index contributed by atoms with van der Waals surface area (Å²) in [4.78, 5) is 2.49. The van der Waals surface area contributed by atoms with Crippen molar-refractivity contribution in [2.24, 2.45) is 5.92 Å². The summed E-state index contributed by atoms with van der Waals surface area (Å²) in [6.45, 7) is 11.5. The number of nitrogens with zero attached hydrogens (tertiary/aromatic N) is 1. The monoisotopic (exact) mass is 199 g/mol. The van der Waals surface area contributed by atoms with Gasteiger partial charge in [-0.25, -0.2) is 0 Å². The van der Waals surface area contributed by atoms with Crippen molar-refractivity contribution in [1.29, 1.82) is 0 Å². The number of methoxy groups -OCH3 is 1. The molecule has 1 aliphatic rings. The summed E-state index contributed by atoms with van der Waals surface area (Å²) in [6.07, 6.45) is 1.50. The molecule has 2 heteroatoms. The summed E-state index contributed by atoms with van der Waals surface area (Å²) in [6, 6.07) is 0. The van der Waals surface area contributed by atoms with E-state index in [0.29, 0.717) is 12.0 Å². The van der Waals surface area contributed by atoms with Crippen LogP contribution in [0.15, 0.2) is 0 Å². The molecule has 1 fully saturated rings. The van der Waals surface area contributed by atoms with Gasteiger partial charge >= 0.3 is 0 Å². The Kier molecular flexibility index (Phi) is 2.99. The van der Waals surface area contributed by atoms with E-state index in [2.05, 4.69) is 46.6 Å². The van der Waals surface area contributed by atoms with Crippen molar-refractivity contribution in [2.75, 3.05) is 14.2 Å². The molecule has 0 aromatic carbocycles. The Bertz CT molecular complexity index is 210. The first kappa shape index (κ1) is 12.0. The van der Waals surface area contributed by atoms with Gasteiger partial charge in [-0.1, -0.05) is 6.92 Å². The zero-order valence-electron chi connectivity index (χ0n) is 10.7. The molecule has 0 radical (unpaired) electrons. The highest BCUT2D eigenvalue weighted by Gasteiger charge is 2.47. The molecule has 0 aromatic heterocycles. The molecule has 14 heavy (non-hydrogen) atoms. The Morgan fingerprint density at radius 3 is 2.14 bits per heavy atom.